The molecule has 0 aromatic heterocycles. The van der Waals surface area contributed by atoms with E-state index in [0.717, 1.165) is 45.5 Å². The van der Waals surface area contributed by atoms with Crippen molar-refractivity contribution in [3.63, 3.8) is 0 Å². The van der Waals surface area contributed by atoms with Crippen molar-refractivity contribution in [2.45, 2.75) is 31.7 Å². The predicted octanol–water partition coefficient (Wildman–Crippen LogP) is 0.973. The Bertz CT molecular complexity index is 221. The number of carbonyl (C=O) groups is 1. The number of hydrogen-bond acceptors (Lipinski definition) is 4. The number of piperidine rings is 1. The third-order valence-electron chi connectivity index (χ3n) is 3.18. The zero-order chi connectivity index (χ0) is 12.5. The van der Waals surface area contributed by atoms with Crippen molar-refractivity contribution in [3.05, 3.63) is 0 Å². The quantitative estimate of drug-likeness (QED) is 0.649. The molecule has 0 unspecified atom stereocenters. The minimum absolute atomic E-state index is 0. The molecule has 1 heterocycles. The van der Waals surface area contributed by atoms with Gasteiger partial charge in [-0.2, -0.15) is 0 Å². The molecule has 0 saturated carbocycles. The molecule has 1 rings (SSSR count). The Balaban J connectivity index is 0.00000289. The molecule has 108 valence electrons. The van der Waals surface area contributed by atoms with Gasteiger partial charge >= 0.3 is 5.97 Å². The van der Waals surface area contributed by atoms with Gasteiger partial charge in [0.15, 0.2) is 0 Å². The van der Waals surface area contributed by atoms with Gasteiger partial charge in [0.25, 0.3) is 0 Å². The minimum atomic E-state index is -0.727. The van der Waals surface area contributed by atoms with Crippen LogP contribution in [-0.4, -0.2) is 61.9 Å². The molecule has 1 aliphatic rings. The number of halogens is 1. The number of rotatable bonds is 8. The summed E-state index contributed by atoms with van der Waals surface area (Å²) in [6.07, 6.45) is 3.54. The lowest BCUT2D eigenvalue weighted by Crippen LogP contribution is -2.43. The first kappa shape index (κ1) is 17.6. The van der Waals surface area contributed by atoms with Crippen LogP contribution in [0.15, 0.2) is 0 Å². The fourth-order valence-corrected chi connectivity index (χ4v) is 2.18. The number of aliphatic carboxylic acids is 1. The fraction of sp³-hybridized carbons (Fsp3) is 0.917. The van der Waals surface area contributed by atoms with Crippen LogP contribution in [-0.2, 0) is 9.53 Å². The Kier molecular flexibility index (Phi) is 10.3. The van der Waals surface area contributed by atoms with E-state index in [2.05, 4.69) is 10.2 Å². The lowest BCUT2D eigenvalue weighted by molar-refractivity contribution is -0.136. The number of ether oxygens (including phenoxy) is 1. The van der Waals surface area contributed by atoms with Gasteiger partial charge in [0.2, 0.25) is 0 Å². The van der Waals surface area contributed by atoms with Gasteiger partial charge in [-0.1, -0.05) is 0 Å². The van der Waals surface area contributed by atoms with E-state index in [0.29, 0.717) is 12.6 Å². The Labute approximate surface area is 115 Å². The zero-order valence-corrected chi connectivity index (χ0v) is 11.9. The Morgan fingerprint density at radius 1 is 1.44 bits per heavy atom. The maximum absolute atomic E-state index is 10.4. The molecule has 18 heavy (non-hydrogen) atoms. The molecule has 0 aromatic carbocycles. The van der Waals surface area contributed by atoms with Crippen LogP contribution in [0.4, 0.5) is 0 Å². The van der Waals surface area contributed by atoms with Crippen LogP contribution in [0.3, 0.4) is 0 Å². The topological polar surface area (TPSA) is 61.8 Å². The first-order valence-electron chi connectivity index (χ1n) is 6.39. The van der Waals surface area contributed by atoms with Gasteiger partial charge in [0, 0.05) is 32.8 Å². The highest BCUT2D eigenvalue weighted by molar-refractivity contribution is 5.85. The van der Waals surface area contributed by atoms with Crippen LogP contribution >= 0.6 is 12.4 Å². The molecule has 0 amide bonds. The average Bonchev–Trinajstić information content (AvgIpc) is 2.31. The first-order valence-corrected chi connectivity index (χ1v) is 6.39. The van der Waals surface area contributed by atoms with Crippen LogP contribution in [0.1, 0.15) is 25.7 Å². The molecule has 0 bridgehead atoms. The van der Waals surface area contributed by atoms with Crippen molar-refractivity contribution >= 4 is 18.4 Å². The number of carboxylic acids is 1. The molecule has 5 nitrogen and oxygen atoms in total. The summed E-state index contributed by atoms with van der Waals surface area (Å²) in [4.78, 5) is 12.8. The summed E-state index contributed by atoms with van der Waals surface area (Å²) in [5.74, 6) is -0.727. The van der Waals surface area contributed by atoms with Crippen molar-refractivity contribution in [1.82, 2.24) is 10.2 Å². The number of likely N-dealkylation sites (tertiary alicyclic amines) is 1. The zero-order valence-electron chi connectivity index (χ0n) is 11.1. The second-order valence-corrected chi connectivity index (χ2v) is 4.56. The molecule has 1 saturated heterocycles. The SMILES string of the molecule is COCCCN1CCC(NCCC(=O)O)CC1.Cl. The van der Waals surface area contributed by atoms with Crippen LogP contribution in [0.5, 0.6) is 0 Å². The summed E-state index contributed by atoms with van der Waals surface area (Å²) in [5.41, 5.74) is 0. The minimum Gasteiger partial charge on any atom is -0.481 e. The molecule has 0 radical (unpaired) electrons. The molecule has 1 aliphatic heterocycles. The number of nitrogens with zero attached hydrogens (tertiary/aromatic N) is 1. The van der Waals surface area contributed by atoms with Crippen molar-refractivity contribution in [3.8, 4) is 0 Å². The van der Waals surface area contributed by atoms with E-state index in [9.17, 15) is 4.79 Å². The maximum atomic E-state index is 10.4. The molecule has 0 aliphatic carbocycles. The number of nitrogens with one attached hydrogen (secondary N) is 1. The number of hydrogen-bond donors (Lipinski definition) is 2. The molecule has 2 N–H and O–H groups in total. The molecule has 0 aromatic rings. The fourth-order valence-electron chi connectivity index (χ4n) is 2.18. The molecule has 0 atom stereocenters. The van der Waals surface area contributed by atoms with E-state index in [4.69, 9.17) is 9.84 Å². The second-order valence-electron chi connectivity index (χ2n) is 4.56. The molecular formula is C12H25ClN2O3. The molecule has 1 fully saturated rings. The third-order valence-corrected chi connectivity index (χ3v) is 3.18. The lowest BCUT2D eigenvalue weighted by atomic mass is 10.0. The summed E-state index contributed by atoms with van der Waals surface area (Å²) in [6.45, 7) is 4.74. The highest BCUT2D eigenvalue weighted by Crippen LogP contribution is 2.10. The van der Waals surface area contributed by atoms with Gasteiger partial charge in [-0.05, 0) is 32.4 Å². The summed E-state index contributed by atoms with van der Waals surface area (Å²) < 4.78 is 5.03. The van der Waals surface area contributed by atoms with Crippen LogP contribution in [0.2, 0.25) is 0 Å². The highest BCUT2D eigenvalue weighted by atomic mass is 35.5. The smallest absolute Gasteiger partial charge is 0.304 e. The first-order chi connectivity index (χ1) is 8.22. The van der Waals surface area contributed by atoms with Gasteiger partial charge in [-0.15, -0.1) is 12.4 Å². The van der Waals surface area contributed by atoms with Gasteiger partial charge in [-0.25, -0.2) is 0 Å². The van der Waals surface area contributed by atoms with E-state index in [1.807, 2.05) is 0 Å². The van der Waals surface area contributed by atoms with E-state index in [-0.39, 0.29) is 18.8 Å². The third kappa shape index (κ3) is 7.87. The van der Waals surface area contributed by atoms with Crippen LogP contribution in [0, 0.1) is 0 Å². The summed E-state index contributed by atoms with van der Waals surface area (Å²) >= 11 is 0. The van der Waals surface area contributed by atoms with E-state index in [1.165, 1.54) is 0 Å². The van der Waals surface area contributed by atoms with Gasteiger partial charge in [0.1, 0.15) is 0 Å². The Morgan fingerprint density at radius 2 is 2.11 bits per heavy atom. The monoisotopic (exact) mass is 280 g/mol. The molecule has 0 spiro atoms. The molecule has 6 heteroatoms. The summed E-state index contributed by atoms with van der Waals surface area (Å²) in [7, 11) is 1.73. The average molecular weight is 281 g/mol. The van der Waals surface area contributed by atoms with E-state index >= 15 is 0 Å². The normalized spacial score (nSPS) is 17.4. The highest BCUT2D eigenvalue weighted by Gasteiger charge is 2.18. The Morgan fingerprint density at radius 3 is 2.67 bits per heavy atom. The van der Waals surface area contributed by atoms with Crippen molar-refractivity contribution < 1.29 is 14.6 Å². The summed E-state index contributed by atoms with van der Waals surface area (Å²) in [5, 5.41) is 11.9. The van der Waals surface area contributed by atoms with Crippen LogP contribution in [0.25, 0.3) is 0 Å². The summed E-state index contributed by atoms with van der Waals surface area (Å²) in [6, 6.07) is 0.494. The van der Waals surface area contributed by atoms with Crippen molar-refractivity contribution in [1.29, 1.82) is 0 Å². The Hall–Kier alpha value is -0.360. The number of carboxylic acid groups (broad SMARTS) is 1. The molecular weight excluding hydrogens is 256 g/mol. The van der Waals surface area contributed by atoms with Crippen molar-refractivity contribution in [2.24, 2.45) is 0 Å². The lowest BCUT2D eigenvalue weighted by Gasteiger charge is -2.32. The standard InChI is InChI=1S/C12H24N2O3.ClH/c1-17-10-2-7-14-8-4-11(5-9-14)13-6-3-12(15)16;/h11,13H,2-10H2,1H3,(H,15,16);1H. The van der Waals surface area contributed by atoms with E-state index in [1.54, 1.807) is 7.11 Å². The largest absolute Gasteiger partial charge is 0.481 e. The number of methoxy groups -OCH3 is 1. The predicted molar refractivity (Wildman–Crippen MR) is 73.5 cm³/mol. The van der Waals surface area contributed by atoms with Gasteiger partial charge in [0.05, 0.1) is 6.42 Å². The van der Waals surface area contributed by atoms with E-state index < -0.39 is 5.97 Å². The van der Waals surface area contributed by atoms with Crippen molar-refractivity contribution in [2.75, 3.05) is 39.9 Å². The van der Waals surface area contributed by atoms with Gasteiger partial charge < -0.3 is 20.1 Å². The maximum Gasteiger partial charge on any atom is 0.304 e. The van der Waals surface area contributed by atoms with Gasteiger partial charge in [-0.3, -0.25) is 4.79 Å². The second kappa shape index (κ2) is 10.6. The van der Waals surface area contributed by atoms with Crippen LogP contribution < -0.4 is 5.32 Å².